The number of nitrogens with one attached hydrogen (secondary N) is 1. The molecule has 1 N–H and O–H groups in total. The van der Waals surface area contributed by atoms with E-state index in [1.807, 2.05) is 61.6 Å². The normalized spacial score (nSPS) is 15.5. The molecule has 0 radical (unpaired) electrons. The molecule has 0 amide bonds. The number of aromatic amines is 1. The molecule has 5 rings (SSSR count). The number of halogens is 2. The van der Waals surface area contributed by atoms with Crippen LogP contribution in [0.3, 0.4) is 0 Å². The van der Waals surface area contributed by atoms with Gasteiger partial charge in [0, 0.05) is 31.0 Å². The smallest absolute Gasteiger partial charge is 0.214 e. The third-order valence-corrected chi connectivity index (χ3v) is 9.23. The molecule has 1 atom stereocenters. The molecule has 0 saturated carbocycles. The number of imidazole rings is 1. The number of benzene rings is 3. The SMILES string of the molecule is CN(C)CCCS(=O)(=O)N1Cc2cc(-c3ccccc3)ccc2N(Cc2cnc[nH]2)C[C@H]1Cc1ccccc1.Cl.Cl. The number of H-pyrrole nitrogens is 1. The predicted octanol–water partition coefficient (Wildman–Crippen LogP) is 5.64. The Hall–Kier alpha value is -2.88. The summed E-state index contributed by atoms with van der Waals surface area (Å²) in [5.74, 6) is 0.130. The maximum absolute atomic E-state index is 14.0. The summed E-state index contributed by atoms with van der Waals surface area (Å²) in [5.41, 5.74) is 6.41. The molecule has 0 aliphatic carbocycles. The van der Waals surface area contributed by atoms with E-state index >= 15 is 0 Å². The van der Waals surface area contributed by atoms with Crippen LogP contribution in [0.1, 0.15) is 23.2 Å². The Morgan fingerprint density at radius 2 is 1.66 bits per heavy atom. The number of rotatable bonds is 10. The fraction of sp³-hybridized carbons (Fsp3) is 0.323. The highest BCUT2D eigenvalue weighted by atomic mass is 35.5. The third kappa shape index (κ3) is 8.33. The van der Waals surface area contributed by atoms with Gasteiger partial charge in [-0.2, -0.15) is 4.31 Å². The van der Waals surface area contributed by atoms with Crippen LogP contribution in [-0.4, -0.2) is 66.6 Å². The largest absolute Gasteiger partial charge is 0.364 e. The zero-order valence-corrected chi connectivity index (χ0v) is 26.0. The van der Waals surface area contributed by atoms with Gasteiger partial charge in [-0.3, -0.25) is 0 Å². The Morgan fingerprint density at radius 3 is 2.32 bits per heavy atom. The van der Waals surface area contributed by atoms with Gasteiger partial charge in [0.25, 0.3) is 0 Å². The molecule has 4 aromatic rings. The number of anilines is 1. The molecular weight excluding hydrogens is 577 g/mol. The second-order valence-electron chi connectivity index (χ2n) is 10.5. The summed E-state index contributed by atoms with van der Waals surface area (Å²) in [4.78, 5) is 11.8. The molecule has 2 heterocycles. The highest BCUT2D eigenvalue weighted by Crippen LogP contribution is 2.34. The number of hydrogen-bond acceptors (Lipinski definition) is 5. The van der Waals surface area contributed by atoms with Gasteiger partial charge in [-0.05, 0) is 67.9 Å². The van der Waals surface area contributed by atoms with E-state index in [1.54, 1.807) is 10.6 Å². The van der Waals surface area contributed by atoms with Gasteiger partial charge >= 0.3 is 0 Å². The molecule has 3 aromatic carbocycles. The van der Waals surface area contributed by atoms with Crippen LogP contribution in [0.4, 0.5) is 5.69 Å². The van der Waals surface area contributed by atoms with Crippen molar-refractivity contribution in [1.29, 1.82) is 0 Å². The van der Waals surface area contributed by atoms with Gasteiger partial charge in [-0.1, -0.05) is 66.7 Å². The van der Waals surface area contributed by atoms with Crippen molar-refractivity contribution in [1.82, 2.24) is 19.2 Å². The van der Waals surface area contributed by atoms with Crippen molar-refractivity contribution in [3.05, 3.63) is 108 Å². The number of nitrogens with zero attached hydrogens (tertiary/aromatic N) is 4. The maximum atomic E-state index is 14.0. The van der Waals surface area contributed by atoms with Crippen molar-refractivity contribution >= 4 is 40.5 Å². The van der Waals surface area contributed by atoms with Crippen LogP contribution in [-0.2, 0) is 29.5 Å². The van der Waals surface area contributed by atoms with Crippen LogP contribution in [0.15, 0.2) is 91.4 Å². The first-order valence-corrected chi connectivity index (χ1v) is 15.1. The molecule has 1 aliphatic heterocycles. The molecule has 0 bridgehead atoms. The van der Waals surface area contributed by atoms with Gasteiger partial charge in [0.15, 0.2) is 0 Å². The minimum Gasteiger partial charge on any atom is -0.364 e. The fourth-order valence-corrected chi connectivity index (χ4v) is 7.02. The van der Waals surface area contributed by atoms with Gasteiger partial charge in [0.2, 0.25) is 10.0 Å². The fourth-order valence-electron chi connectivity index (χ4n) is 5.36. The average molecular weight is 617 g/mol. The molecule has 220 valence electrons. The standard InChI is InChI=1S/C31H37N5O2S.2ClH/c1-34(2)16-9-17-39(37,38)36-21-28-19-27(26-12-7-4-8-13-26)14-15-31(28)35(22-29-20-32-24-33-29)23-30(36)18-25-10-5-3-6-11-25;;/h3-8,10-15,19-20,24,30H,9,16-18,21-23H2,1-2H3,(H,32,33);2*1H/t30-;;/m1../s1. The van der Waals surface area contributed by atoms with Crippen LogP contribution in [0.2, 0.25) is 0 Å². The van der Waals surface area contributed by atoms with Gasteiger partial charge < -0.3 is 14.8 Å². The summed E-state index contributed by atoms with van der Waals surface area (Å²) in [7, 11) is 0.438. The lowest BCUT2D eigenvalue weighted by Crippen LogP contribution is -2.46. The van der Waals surface area contributed by atoms with Gasteiger partial charge in [0.1, 0.15) is 0 Å². The van der Waals surface area contributed by atoms with Crippen LogP contribution in [0.25, 0.3) is 11.1 Å². The number of sulfonamides is 1. The average Bonchev–Trinajstić information content (AvgIpc) is 3.39. The second kappa shape index (κ2) is 14.8. The number of hydrogen-bond donors (Lipinski definition) is 1. The van der Waals surface area contributed by atoms with E-state index in [0.29, 0.717) is 32.5 Å². The van der Waals surface area contributed by atoms with E-state index in [1.165, 1.54) is 0 Å². The highest BCUT2D eigenvalue weighted by molar-refractivity contribution is 7.89. The molecule has 10 heteroatoms. The molecule has 1 aromatic heterocycles. The van der Waals surface area contributed by atoms with E-state index in [4.69, 9.17) is 0 Å². The third-order valence-electron chi connectivity index (χ3n) is 7.29. The molecular formula is C31H39Cl2N5O2S. The quantitative estimate of drug-likeness (QED) is 0.250. The summed E-state index contributed by atoms with van der Waals surface area (Å²) in [6.45, 7) is 2.28. The number of aromatic nitrogens is 2. The lowest BCUT2D eigenvalue weighted by molar-refractivity contribution is 0.316. The van der Waals surface area contributed by atoms with E-state index < -0.39 is 10.0 Å². The first-order chi connectivity index (χ1) is 18.9. The van der Waals surface area contributed by atoms with E-state index in [0.717, 1.165) is 40.2 Å². The van der Waals surface area contributed by atoms with Crippen LogP contribution in [0.5, 0.6) is 0 Å². The van der Waals surface area contributed by atoms with Gasteiger partial charge in [0.05, 0.1) is 24.3 Å². The molecule has 0 fully saturated rings. The summed E-state index contributed by atoms with van der Waals surface area (Å²) < 4.78 is 29.7. The summed E-state index contributed by atoms with van der Waals surface area (Å²) >= 11 is 0. The Bertz CT molecular complexity index is 1450. The monoisotopic (exact) mass is 615 g/mol. The van der Waals surface area contributed by atoms with Crippen molar-refractivity contribution < 1.29 is 8.42 Å². The zero-order valence-electron chi connectivity index (χ0n) is 23.5. The van der Waals surface area contributed by atoms with Crippen molar-refractivity contribution in [3.63, 3.8) is 0 Å². The lowest BCUT2D eigenvalue weighted by atomic mass is 10.0. The maximum Gasteiger partial charge on any atom is 0.214 e. The van der Waals surface area contributed by atoms with Crippen molar-refractivity contribution in [2.75, 3.05) is 37.8 Å². The van der Waals surface area contributed by atoms with E-state index in [-0.39, 0.29) is 36.6 Å². The molecule has 0 unspecified atom stereocenters. The molecule has 7 nitrogen and oxygen atoms in total. The summed E-state index contributed by atoms with van der Waals surface area (Å²) in [6, 6.07) is 26.7. The van der Waals surface area contributed by atoms with Gasteiger partial charge in [-0.15, -0.1) is 24.8 Å². The topological polar surface area (TPSA) is 72.5 Å². The number of fused-ring (bicyclic) bond motifs is 1. The molecule has 0 saturated heterocycles. The molecule has 0 spiro atoms. The van der Waals surface area contributed by atoms with Gasteiger partial charge in [-0.25, -0.2) is 13.4 Å². The lowest BCUT2D eigenvalue weighted by Gasteiger charge is -2.32. The minimum absolute atomic E-state index is 0. The Labute approximate surface area is 256 Å². The van der Waals surface area contributed by atoms with Crippen LogP contribution in [0, 0.1) is 0 Å². The summed E-state index contributed by atoms with van der Waals surface area (Å²) in [6.07, 6.45) is 4.77. The van der Waals surface area contributed by atoms with E-state index in [9.17, 15) is 8.42 Å². The Kier molecular flexibility index (Phi) is 11.8. The first-order valence-electron chi connectivity index (χ1n) is 13.5. The second-order valence-corrected chi connectivity index (χ2v) is 12.6. The van der Waals surface area contributed by atoms with Crippen molar-refractivity contribution in [2.24, 2.45) is 0 Å². The van der Waals surface area contributed by atoms with Crippen molar-refractivity contribution in [2.45, 2.75) is 32.0 Å². The predicted molar refractivity (Wildman–Crippen MR) is 172 cm³/mol. The zero-order chi connectivity index (χ0) is 27.2. The van der Waals surface area contributed by atoms with Crippen LogP contribution >= 0.6 is 24.8 Å². The minimum atomic E-state index is -3.52. The Morgan fingerprint density at radius 1 is 0.951 bits per heavy atom. The van der Waals surface area contributed by atoms with Crippen LogP contribution < -0.4 is 4.90 Å². The highest BCUT2D eigenvalue weighted by Gasteiger charge is 2.35. The Balaban J connectivity index is 0.00000231. The molecule has 41 heavy (non-hydrogen) atoms. The van der Waals surface area contributed by atoms with E-state index in [2.05, 4.69) is 57.3 Å². The first kappa shape index (κ1) is 32.6. The molecule has 1 aliphatic rings. The van der Waals surface area contributed by atoms with Crippen molar-refractivity contribution in [3.8, 4) is 11.1 Å². The summed E-state index contributed by atoms with van der Waals surface area (Å²) in [5, 5.41) is 0.